The number of amides is 1. The summed E-state index contributed by atoms with van der Waals surface area (Å²) >= 11 is 0. The standard InChI is InChI=1S/C23H22FNO4S/c1-16-2-4-18(5-3-16)23(26)25(20-12-13-30(27,28)15-20)14-21-10-11-22(29-21)17-6-8-19(24)9-7-17/h2-11,20H,12-15H2,1H3/t20-/m1/s1. The van der Waals surface area contributed by atoms with Gasteiger partial charge in [0.1, 0.15) is 17.3 Å². The van der Waals surface area contributed by atoms with Crippen molar-refractivity contribution < 1.29 is 22.0 Å². The molecule has 0 aliphatic carbocycles. The lowest BCUT2D eigenvalue weighted by atomic mass is 10.1. The summed E-state index contributed by atoms with van der Waals surface area (Å²) in [5, 5.41) is 0. The molecule has 1 atom stereocenters. The van der Waals surface area contributed by atoms with Gasteiger partial charge in [-0.15, -0.1) is 0 Å². The molecular formula is C23H22FNO4S. The quantitative estimate of drug-likeness (QED) is 0.611. The van der Waals surface area contributed by atoms with Crippen molar-refractivity contribution in [3.05, 3.63) is 83.4 Å². The molecule has 3 aromatic rings. The van der Waals surface area contributed by atoms with E-state index in [1.807, 2.05) is 19.1 Å². The Labute approximate surface area is 175 Å². The van der Waals surface area contributed by atoms with Crippen molar-refractivity contribution in [1.29, 1.82) is 0 Å². The molecule has 0 N–H and O–H groups in total. The van der Waals surface area contributed by atoms with Gasteiger partial charge < -0.3 is 9.32 Å². The Morgan fingerprint density at radius 2 is 1.77 bits per heavy atom. The van der Waals surface area contributed by atoms with Gasteiger partial charge in [-0.2, -0.15) is 0 Å². The number of carbonyl (C=O) groups excluding carboxylic acids is 1. The lowest BCUT2D eigenvalue weighted by molar-refractivity contribution is 0.0666. The van der Waals surface area contributed by atoms with Crippen molar-refractivity contribution in [2.24, 2.45) is 0 Å². The molecule has 0 saturated carbocycles. The Bertz CT molecular complexity index is 1150. The van der Waals surface area contributed by atoms with Crippen LogP contribution in [0.15, 0.2) is 65.1 Å². The van der Waals surface area contributed by atoms with Crippen molar-refractivity contribution >= 4 is 15.7 Å². The van der Waals surface area contributed by atoms with Crippen LogP contribution in [0.4, 0.5) is 4.39 Å². The Kier molecular flexibility index (Phi) is 5.47. The van der Waals surface area contributed by atoms with E-state index in [4.69, 9.17) is 4.42 Å². The normalized spacial score (nSPS) is 17.7. The summed E-state index contributed by atoms with van der Waals surface area (Å²) in [5.41, 5.74) is 2.27. The minimum atomic E-state index is -3.16. The number of halogens is 1. The molecule has 1 fully saturated rings. The van der Waals surface area contributed by atoms with E-state index in [0.717, 1.165) is 11.1 Å². The number of hydrogen-bond donors (Lipinski definition) is 0. The highest BCUT2D eigenvalue weighted by molar-refractivity contribution is 7.91. The highest BCUT2D eigenvalue weighted by Gasteiger charge is 2.35. The maximum absolute atomic E-state index is 13.2. The number of rotatable bonds is 5. The van der Waals surface area contributed by atoms with Crippen LogP contribution < -0.4 is 0 Å². The van der Waals surface area contributed by atoms with Crippen molar-refractivity contribution in [2.75, 3.05) is 11.5 Å². The van der Waals surface area contributed by atoms with Crippen LogP contribution in [0.3, 0.4) is 0 Å². The third-order valence-corrected chi connectivity index (χ3v) is 7.08. The molecule has 4 rings (SSSR count). The molecule has 1 aromatic heterocycles. The number of aryl methyl sites for hydroxylation is 1. The van der Waals surface area contributed by atoms with E-state index in [9.17, 15) is 17.6 Å². The van der Waals surface area contributed by atoms with Crippen molar-refractivity contribution in [1.82, 2.24) is 4.90 Å². The predicted octanol–water partition coefficient (Wildman–Crippen LogP) is 4.22. The number of nitrogens with zero attached hydrogens (tertiary/aromatic N) is 1. The van der Waals surface area contributed by atoms with Crippen LogP contribution in [0.1, 0.15) is 28.1 Å². The minimum Gasteiger partial charge on any atom is -0.459 e. The number of hydrogen-bond acceptors (Lipinski definition) is 4. The van der Waals surface area contributed by atoms with Crippen LogP contribution in [-0.2, 0) is 16.4 Å². The molecule has 1 aliphatic rings. The minimum absolute atomic E-state index is 0.0455. The first kappa shape index (κ1) is 20.3. The third kappa shape index (κ3) is 4.46. The highest BCUT2D eigenvalue weighted by atomic mass is 32.2. The largest absolute Gasteiger partial charge is 0.459 e. The molecule has 30 heavy (non-hydrogen) atoms. The van der Waals surface area contributed by atoms with E-state index in [1.54, 1.807) is 41.3 Å². The average molecular weight is 427 g/mol. The Morgan fingerprint density at radius 3 is 2.40 bits per heavy atom. The summed E-state index contributed by atoms with van der Waals surface area (Å²) < 4.78 is 43.1. The van der Waals surface area contributed by atoms with Gasteiger partial charge in [0.05, 0.1) is 18.1 Å². The van der Waals surface area contributed by atoms with Crippen LogP contribution in [-0.4, -0.2) is 36.8 Å². The fraction of sp³-hybridized carbons (Fsp3) is 0.261. The fourth-order valence-corrected chi connectivity index (χ4v) is 5.38. The van der Waals surface area contributed by atoms with Crippen molar-refractivity contribution in [2.45, 2.75) is 25.9 Å². The number of sulfone groups is 1. The average Bonchev–Trinajstić information content (AvgIpc) is 3.33. The first-order chi connectivity index (χ1) is 14.3. The van der Waals surface area contributed by atoms with Gasteiger partial charge in [0.25, 0.3) is 5.91 Å². The lowest BCUT2D eigenvalue weighted by Gasteiger charge is -2.27. The van der Waals surface area contributed by atoms with E-state index in [-0.39, 0.29) is 29.8 Å². The SMILES string of the molecule is Cc1ccc(C(=O)N(Cc2ccc(-c3ccc(F)cc3)o2)[C@@H]2CCS(=O)(=O)C2)cc1. The zero-order valence-electron chi connectivity index (χ0n) is 16.5. The number of carbonyl (C=O) groups is 1. The second-order valence-electron chi connectivity index (χ2n) is 7.63. The Balaban J connectivity index is 1.61. The van der Waals surface area contributed by atoms with Gasteiger partial charge in [0, 0.05) is 17.2 Å². The molecule has 7 heteroatoms. The summed E-state index contributed by atoms with van der Waals surface area (Å²) in [5.74, 6) is 0.579. The topological polar surface area (TPSA) is 67.6 Å². The lowest BCUT2D eigenvalue weighted by Crippen LogP contribution is -2.40. The van der Waals surface area contributed by atoms with Crippen LogP contribution in [0, 0.1) is 12.7 Å². The summed E-state index contributed by atoms with van der Waals surface area (Å²) in [6.07, 6.45) is 0.408. The molecule has 2 heterocycles. The highest BCUT2D eigenvalue weighted by Crippen LogP contribution is 2.26. The summed E-state index contributed by atoms with van der Waals surface area (Å²) in [7, 11) is -3.16. The van der Waals surface area contributed by atoms with E-state index >= 15 is 0 Å². The van der Waals surface area contributed by atoms with E-state index in [2.05, 4.69) is 0 Å². The molecule has 156 valence electrons. The first-order valence-corrected chi connectivity index (χ1v) is 11.6. The Hall–Kier alpha value is -2.93. The Morgan fingerprint density at radius 1 is 1.07 bits per heavy atom. The second-order valence-corrected chi connectivity index (χ2v) is 9.86. The molecule has 0 unspecified atom stereocenters. The fourth-order valence-electron chi connectivity index (χ4n) is 3.65. The van der Waals surface area contributed by atoms with Crippen LogP contribution >= 0.6 is 0 Å². The molecule has 1 saturated heterocycles. The molecule has 1 amide bonds. The maximum Gasteiger partial charge on any atom is 0.254 e. The zero-order valence-corrected chi connectivity index (χ0v) is 17.4. The van der Waals surface area contributed by atoms with Crippen LogP contribution in [0.5, 0.6) is 0 Å². The summed E-state index contributed by atoms with van der Waals surface area (Å²) in [6.45, 7) is 2.10. The molecule has 1 aliphatic heterocycles. The van der Waals surface area contributed by atoms with E-state index in [0.29, 0.717) is 23.5 Å². The zero-order chi connectivity index (χ0) is 21.3. The molecule has 5 nitrogen and oxygen atoms in total. The number of furan rings is 1. The molecule has 2 aromatic carbocycles. The third-order valence-electron chi connectivity index (χ3n) is 5.33. The van der Waals surface area contributed by atoms with Gasteiger partial charge in [0.15, 0.2) is 9.84 Å². The van der Waals surface area contributed by atoms with Gasteiger partial charge in [-0.3, -0.25) is 4.79 Å². The van der Waals surface area contributed by atoms with Crippen molar-refractivity contribution in [3.8, 4) is 11.3 Å². The van der Waals surface area contributed by atoms with Gasteiger partial charge in [-0.25, -0.2) is 12.8 Å². The maximum atomic E-state index is 13.2. The predicted molar refractivity (Wildman–Crippen MR) is 112 cm³/mol. The monoisotopic (exact) mass is 427 g/mol. The van der Waals surface area contributed by atoms with Crippen LogP contribution in [0.25, 0.3) is 11.3 Å². The summed E-state index contributed by atoms with van der Waals surface area (Å²) in [6, 6.07) is 16.3. The van der Waals surface area contributed by atoms with Gasteiger partial charge in [-0.05, 0) is 61.9 Å². The van der Waals surface area contributed by atoms with Crippen LogP contribution in [0.2, 0.25) is 0 Å². The molecule has 0 spiro atoms. The second kappa shape index (κ2) is 8.07. The van der Waals surface area contributed by atoms with Gasteiger partial charge in [-0.1, -0.05) is 17.7 Å². The molecule has 0 radical (unpaired) electrons. The van der Waals surface area contributed by atoms with E-state index in [1.165, 1.54) is 12.1 Å². The first-order valence-electron chi connectivity index (χ1n) is 9.73. The number of benzene rings is 2. The smallest absolute Gasteiger partial charge is 0.254 e. The molecule has 0 bridgehead atoms. The van der Waals surface area contributed by atoms with Gasteiger partial charge >= 0.3 is 0 Å². The van der Waals surface area contributed by atoms with Gasteiger partial charge in [0.2, 0.25) is 0 Å². The molecular weight excluding hydrogens is 405 g/mol. The summed E-state index contributed by atoms with van der Waals surface area (Å²) in [4.78, 5) is 14.8. The van der Waals surface area contributed by atoms with Crippen molar-refractivity contribution in [3.63, 3.8) is 0 Å². The van der Waals surface area contributed by atoms with E-state index < -0.39 is 15.9 Å².